The highest BCUT2D eigenvalue weighted by Crippen LogP contribution is 2.73. The molecule has 9 nitrogen and oxygen atoms in total. The fraction of sp³-hybridized carbons (Fsp3) is 0.724. The summed E-state index contributed by atoms with van der Waals surface area (Å²) in [6.45, 7) is 5.18. The molecule has 1 aliphatic heterocycles. The third kappa shape index (κ3) is 4.31. The van der Waals surface area contributed by atoms with Crippen molar-refractivity contribution in [2.75, 3.05) is 13.2 Å². The van der Waals surface area contributed by atoms with Crippen molar-refractivity contribution >= 4 is 23.5 Å². The number of nitrogens with zero attached hydrogens (tertiary/aromatic N) is 1. The first-order chi connectivity index (χ1) is 18.0. The number of epoxide rings is 1. The summed E-state index contributed by atoms with van der Waals surface area (Å²) in [5, 5.41) is 18.2. The maximum atomic E-state index is 12.1. The highest BCUT2D eigenvalue weighted by molar-refractivity contribution is 5.96. The van der Waals surface area contributed by atoms with Gasteiger partial charge in [0, 0.05) is 0 Å². The van der Waals surface area contributed by atoms with Gasteiger partial charge in [-0.1, -0.05) is 37.4 Å². The zero-order chi connectivity index (χ0) is 27.3. The first-order valence-corrected chi connectivity index (χ1v) is 13.9. The molecule has 0 aromatic rings. The Morgan fingerprint density at radius 3 is 2.63 bits per heavy atom. The second-order valence-corrected chi connectivity index (χ2v) is 12.3. The van der Waals surface area contributed by atoms with E-state index in [4.69, 9.17) is 21.1 Å². The zero-order valence-electron chi connectivity index (χ0n) is 22.5. The van der Waals surface area contributed by atoms with Gasteiger partial charge in [0.25, 0.3) is 5.91 Å². The van der Waals surface area contributed by atoms with E-state index < -0.39 is 23.8 Å². The molecule has 1 heterocycles. The molecular formula is C29H39N3O6. The molecule has 3 saturated carbocycles. The molecule has 4 aliphatic carbocycles. The number of terminal acetylenes is 1. The number of oxime groups is 1. The number of fused-ring (bicyclic) bond motifs is 4. The lowest BCUT2D eigenvalue weighted by Crippen LogP contribution is -2.50. The number of allylic oxidation sites excluding steroid dienone is 2. The topological polar surface area (TPSA) is 130 Å². The van der Waals surface area contributed by atoms with Crippen molar-refractivity contribution in [1.82, 2.24) is 10.6 Å². The Kier molecular flexibility index (Phi) is 6.83. The van der Waals surface area contributed by atoms with E-state index in [2.05, 4.69) is 34.7 Å². The van der Waals surface area contributed by atoms with Crippen LogP contribution in [0.4, 0.5) is 0 Å². The third-order valence-electron chi connectivity index (χ3n) is 10.1. The number of carbonyl (C=O) groups excluding carboxylic acids is 2. The summed E-state index contributed by atoms with van der Waals surface area (Å²) in [4.78, 5) is 40.6. The summed E-state index contributed by atoms with van der Waals surface area (Å²) < 4.78 is 6.28. The summed E-state index contributed by atoms with van der Waals surface area (Å²) in [6.07, 6.45) is 16.4. The number of nitrogens with one attached hydrogen (secondary N) is 2. The minimum Gasteiger partial charge on any atom is -0.480 e. The van der Waals surface area contributed by atoms with Crippen LogP contribution in [0.25, 0.3) is 0 Å². The average Bonchev–Trinajstić information content (AvgIpc) is 3.40. The lowest BCUT2D eigenvalue weighted by atomic mass is 9.49. The van der Waals surface area contributed by atoms with E-state index in [9.17, 15) is 14.4 Å². The molecule has 9 heteroatoms. The van der Waals surface area contributed by atoms with Gasteiger partial charge >= 0.3 is 5.97 Å². The molecule has 5 rings (SSSR count). The molecule has 2 amide bonds. The first-order valence-electron chi connectivity index (χ1n) is 13.9. The van der Waals surface area contributed by atoms with Crippen molar-refractivity contribution in [2.45, 2.75) is 89.4 Å². The van der Waals surface area contributed by atoms with Crippen LogP contribution in [0.3, 0.4) is 0 Å². The largest absolute Gasteiger partial charge is 0.480 e. The molecule has 3 N–H and O–H groups in total. The van der Waals surface area contributed by atoms with Crippen molar-refractivity contribution in [3.63, 3.8) is 0 Å². The second-order valence-electron chi connectivity index (χ2n) is 12.3. The fourth-order valence-electron chi connectivity index (χ4n) is 8.10. The number of carbonyl (C=O) groups is 3. The van der Waals surface area contributed by atoms with Crippen LogP contribution in [0.2, 0.25) is 0 Å². The van der Waals surface area contributed by atoms with E-state index in [1.165, 1.54) is 12.0 Å². The monoisotopic (exact) mass is 525 g/mol. The fourth-order valence-corrected chi connectivity index (χ4v) is 8.10. The molecule has 0 aromatic heterocycles. The number of amides is 2. The molecule has 0 radical (unpaired) electrons. The van der Waals surface area contributed by atoms with Gasteiger partial charge in [-0.05, 0) is 86.5 Å². The SMILES string of the molecule is C#CC12CCC3C4CCC5=C/C(=N/OCC(=O)NCC(=O)NC(C(=O)O)C(C)C)CCC5(C)C4CCC31O2. The van der Waals surface area contributed by atoms with Crippen LogP contribution >= 0.6 is 0 Å². The highest BCUT2D eigenvalue weighted by Gasteiger charge is 2.79. The number of hydrogen-bond donors (Lipinski definition) is 3. The molecule has 206 valence electrons. The second kappa shape index (κ2) is 9.71. The number of aliphatic carboxylic acids is 1. The quantitative estimate of drug-likeness (QED) is 0.254. The molecule has 0 aromatic carbocycles. The molecule has 5 aliphatic rings. The summed E-state index contributed by atoms with van der Waals surface area (Å²) in [5.41, 5.74) is 2.08. The Morgan fingerprint density at radius 2 is 1.95 bits per heavy atom. The van der Waals surface area contributed by atoms with Crippen LogP contribution < -0.4 is 10.6 Å². The number of carboxylic acid groups (broad SMARTS) is 1. The summed E-state index contributed by atoms with van der Waals surface area (Å²) in [5.74, 6) is 2.42. The number of carboxylic acids is 1. The van der Waals surface area contributed by atoms with Gasteiger partial charge in [-0.2, -0.15) is 0 Å². The summed E-state index contributed by atoms with van der Waals surface area (Å²) in [7, 11) is 0. The molecule has 7 atom stereocenters. The van der Waals surface area contributed by atoms with Gasteiger partial charge in [0.1, 0.15) is 11.6 Å². The predicted molar refractivity (Wildman–Crippen MR) is 140 cm³/mol. The van der Waals surface area contributed by atoms with E-state index in [1.807, 2.05) is 0 Å². The van der Waals surface area contributed by atoms with Crippen LogP contribution in [0.1, 0.15) is 72.1 Å². The maximum Gasteiger partial charge on any atom is 0.326 e. The maximum absolute atomic E-state index is 12.1. The molecule has 4 fully saturated rings. The standard InChI is InChI=1S/C29H39N3O6/c1-5-28-12-9-22-20-7-6-18-14-19(8-11-27(18,4)21(20)10-13-29(22,28)38-28)32-37-16-24(34)30-15-23(33)31-25(17(2)3)26(35)36/h1,14,17,20-22,25H,6-13,15-16H2,2-4H3,(H,30,34)(H,31,33)(H,35,36)/b32-19+. The lowest BCUT2D eigenvalue weighted by Gasteiger charge is -2.55. The van der Waals surface area contributed by atoms with Gasteiger partial charge in [0.2, 0.25) is 5.91 Å². The summed E-state index contributed by atoms with van der Waals surface area (Å²) >= 11 is 0. The van der Waals surface area contributed by atoms with Gasteiger partial charge in [0.15, 0.2) is 12.2 Å². The van der Waals surface area contributed by atoms with Crippen molar-refractivity contribution in [3.8, 4) is 12.3 Å². The predicted octanol–water partition coefficient (Wildman–Crippen LogP) is 2.80. The van der Waals surface area contributed by atoms with Crippen LogP contribution in [0.5, 0.6) is 0 Å². The van der Waals surface area contributed by atoms with Crippen molar-refractivity contribution in [3.05, 3.63) is 11.6 Å². The Morgan fingerprint density at radius 1 is 1.18 bits per heavy atom. The molecule has 1 spiro atoms. The minimum absolute atomic E-state index is 0.0523. The summed E-state index contributed by atoms with van der Waals surface area (Å²) in [6, 6.07) is -1.01. The van der Waals surface area contributed by atoms with E-state index in [0.717, 1.165) is 50.7 Å². The van der Waals surface area contributed by atoms with Crippen molar-refractivity contribution < 1.29 is 29.1 Å². The number of rotatable bonds is 8. The average molecular weight is 526 g/mol. The van der Waals surface area contributed by atoms with Gasteiger partial charge < -0.3 is 25.3 Å². The van der Waals surface area contributed by atoms with E-state index in [-0.39, 0.29) is 35.7 Å². The third-order valence-corrected chi connectivity index (χ3v) is 10.1. The van der Waals surface area contributed by atoms with Gasteiger partial charge in [-0.3, -0.25) is 9.59 Å². The molecule has 38 heavy (non-hydrogen) atoms. The molecule has 1 saturated heterocycles. The van der Waals surface area contributed by atoms with Crippen LogP contribution in [0.15, 0.2) is 16.8 Å². The smallest absolute Gasteiger partial charge is 0.326 e. The van der Waals surface area contributed by atoms with Crippen LogP contribution in [-0.4, -0.2) is 59.0 Å². The normalized spacial score (nSPS) is 38.4. The van der Waals surface area contributed by atoms with Crippen molar-refractivity contribution in [1.29, 1.82) is 0 Å². The zero-order valence-corrected chi connectivity index (χ0v) is 22.5. The van der Waals surface area contributed by atoms with E-state index in [0.29, 0.717) is 17.8 Å². The van der Waals surface area contributed by atoms with E-state index >= 15 is 0 Å². The Labute approximate surface area is 224 Å². The first kappa shape index (κ1) is 26.7. The Hall–Kier alpha value is -2.86. The molecule has 7 unspecified atom stereocenters. The Bertz CT molecular complexity index is 1120. The van der Waals surface area contributed by atoms with E-state index in [1.54, 1.807) is 13.8 Å². The highest BCUT2D eigenvalue weighted by atomic mass is 16.6. The minimum atomic E-state index is -1.11. The van der Waals surface area contributed by atoms with Crippen LogP contribution in [0, 0.1) is 41.4 Å². The molecular weight excluding hydrogens is 486 g/mol. The van der Waals surface area contributed by atoms with Gasteiger partial charge in [0.05, 0.1) is 12.3 Å². The van der Waals surface area contributed by atoms with Crippen molar-refractivity contribution in [2.24, 2.45) is 34.2 Å². The lowest BCUT2D eigenvalue weighted by molar-refractivity contribution is -0.143. The van der Waals surface area contributed by atoms with Gasteiger partial charge in [-0.15, -0.1) is 6.42 Å². The molecule has 0 bridgehead atoms. The van der Waals surface area contributed by atoms with Gasteiger partial charge in [-0.25, -0.2) is 4.79 Å². The number of ether oxygens (including phenoxy) is 1. The Balaban J connectivity index is 1.12. The number of hydrogen-bond acceptors (Lipinski definition) is 6. The van der Waals surface area contributed by atoms with Crippen LogP contribution in [-0.2, 0) is 24.0 Å².